The van der Waals surface area contributed by atoms with E-state index in [2.05, 4.69) is 35.6 Å². The van der Waals surface area contributed by atoms with Gasteiger partial charge in [0, 0.05) is 18.7 Å². The molecular formula is C20H25NO2S. The fraction of sp³-hybridized carbons (Fsp3) is 0.400. The maximum Gasteiger partial charge on any atom is 0.123 e. The highest BCUT2D eigenvalue weighted by Gasteiger charge is 2.28. The standard InChI is InChI=1S/C20H25NO2S/c1-23-19-13-17(16-5-3-2-4-6-16)7-8-18(19)14-21-15-20(22)9-11-24-12-10-20/h2-8,13,21-22H,9-12,14-15H2,1H3. The van der Waals surface area contributed by atoms with Crippen LogP contribution in [0.3, 0.4) is 0 Å². The van der Waals surface area contributed by atoms with Crippen LogP contribution >= 0.6 is 11.8 Å². The Morgan fingerprint density at radius 3 is 2.54 bits per heavy atom. The fourth-order valence-corrected chi connectivity index (χ4v) is 4.31. The minimum absolute atomic E-state index is 0.553. The van der Waals surface area contributed by atoms with Crippen molar-refractivity contribution in [2.45, 2.75) is 25.0 Å². The Balaban J connectivity index is 1.65. The number of nitrogens with one attached hydrogen (secondary N) is 1. The van der Waals surface area contributed by atoms with Crippen LogP contribution in [0.25, 0.3) is 11.1 Å². The first-order valence-corrected chi connectivity index (χ1v) is 9.59. The second-order valence-electron chi connectivity index (χ2n) is 6.33. The van der Waals surface area contributed by atoms with Gasteiger partial charge in [-0.05, 0) is 41.5 Å². The number of thioether (sulfide) groups is 1. The molecule has 2 N–H and O–H groups in total. The zero-order valence-corrected chi connectivity index (χ0v) is 14.9. The van der Waals surface area contributed by atoms with Gasteiger partial charge in [-0.15, -0.1) is 0 Å². The Morgan fingerprint density at radius 2 is 1.83 bits per heavy atom. The number of rotatable bonds is 6. The molecule has 0 atom stereocenters. The number of hydrogen-bond donors (Lipinski definition) is 2. The predicted molar refractivity (Wildman–Crippen MR) is 102 cm³/mol. The quantitative estimate of drug-likeness (QED) is 0.839. The Morgan fingerprint density at radius 1 is 1.08 bits per heavy atom. The van der Waals surface area contributed by atoms with Crippen molar-refractivity contribution in [2.75, 3.05) is 25.2 Å². The molecule has 4 heteroatoms. The van der Waals surface area contributed by atoms with Crippen molar-refractivity contribution in [3.63, 3.8) is 0 Å². The van der Waals surface area contributed by atoms with Gasteiger partial charge in [-0.2, -0.15) is 11.8 Å². The maximum absolute atomic E-state index is 10.6. The van der Waals surface area contributed by atoms with Crippen molar-refractivity contribution in [2.24, 2.45) is 0 Å². The van der Waals surface area contributed by atoms with Crippen LogP contribution in [-0.2, 0) is 6.54 Å². The summed E-state index contributed by atoms with van der Waals surface area (Å²) in [5.74, 6) is 2.98. The lowest BCUT2D eigenvalue weighted by Gasteiger charge is -2.32. The Hall–Kier alpha value is -1.49. The molecule has 3 rings (SSSR count). The first kappa shape index (κ1) is 17.3. The van der Waals surface area contributed by atoms with E-state index in [9.17, 15) is 5.11 Å². The summed E-state index contributed by atoms with van der Waals surface area (Å²) in [5.41, 5.74) is 2.90. The number of benzene rings is 2. The molecule has 0 spiro atoms. The number of hydrogen-bond acceptors (Lipinski definition) is 4. The van der Waals surface area contributed by atoms with Gasteiger partial charge in [-0.1, -0.05) is 42.5 Å². The molecule has 1 aliphatic rings. The summed E-state index contributed by atoms with van der Waals surface area (Å²) in [4.78, 5) is 0. The van der Waals surface area contributed by atoms with Crippen LogP contribution in [0.5, 0.6) is 5.75 Å². The summed E-state index contributed by atoms with van der Waals surface area (Å²) in [6.07, 6.45) is 1.74. The van der Waals surface area contributed by atoms with Crippen molar-refractivity contribution in [3.8, 4) is 16.9 Å². The second-order valence-corrected chi connectivity index (χ2v) is 7.56. The topological polar surface area (TPSA) is 41.5 Å². The molecule has 0 saturated carbocycles. The molecule has 3 nitrogen and oxygen atoms in total. The van der Waals surface area contributed by atoms with Crippen LogP contribution in [0, 0.1) is 0 Å². The van der Waals surface area contributed by atoms with Crippen LogP contribution < -0.4 is 10.1 Å². The van der Waals surface area contributed by atoms with Gasteiger partial charge in [0.05, 0.1) is 12.7 Å². The molecule has 1 aliphatic heterocycles. The summed E-state index contributed by atoms with van der Waals surface area (Å²) in [6, 6.07) is 16.6. The van der Waals surface area contributed by atoms with E-state index in [-0.39, 0.29) is 0 Å². The highest BCUT2D eigenvalue weighted by molar-refractivity contribution is 7.99. The lowest BCUT2D eigenvalue weighted by molar-refractivity contribution is 0.0320. The molecule has 0 aromatic heterocycles. The molecule has 1 heterocycles. The molecule has 1 saturated heterocycles. The van der Waals surface area contributed by atoms with E-state index in [0.717, 1.165) is 41.2 Å². The molecular weight excluding hydrogens is 318 g/mol. The van der Waals surface area contributed by atoms with Crippen LogP contribution in [0.4, 0.5) is 0 Å². The molecule has 24 heavy (non-hydrogen) atoms. The van der Waals surface area contributed by atoms with E-state index in [4.69, 9.17) is 4.74 Å². The summed E-state index contributed by atoms with van der Waals surface area (Å²) >= 11 is 1.92. The first-order valence-electron chi connectivity index (χ1n) is 8.43. The predicted octanol–water partition coefficient (Wildman–Crippen LogP) is 3.71. The third kappa shape index (κ3) is 4.32. The molecule has 0 unspecified atom stereocenters. The summed E-state index contributed by atoms with van der Waals surface area (Å²) in [5, 5.41) is 14.0. The van der Waals surface area contributed by atoms with E-state index in [1.807, 2.05) is 30.0 Å². The van der Waals surface area contributed by atoms with Gasteiger partial charge in [0.2, 0.25) is 0 Å². The fourth-order valence-electron chi connectivity index (χ4n) is 3.06. The molecule has 0 aliphatic carbocycles. The van der Waals surface area contributed by atoms with Gasteiger partial charge >= 0.3 is 0 Å². The molecule has 128 valence electrons. The van der Waals surface area contributed by atoms with Gasteiger partial charge in [0.25, 0.3) is 0 Å². The third-order valence-electron chi connectivity index (χ3n) is 4.59. The van der Waals surface area contributed by atoms with Crippen molar-refractivity contribution < 1.29 is 9.84 Å². The van der Waals surface area contributed by atoms with Crippen LogP contribution in [0.2, 0.25) is 0 Å². The largest absolute Gasteiger partial charge is 0.496 e. The molecule has 0 bridgehead atoms. The minimum Gasteiger partial charge on any atom is -0.496 e. The van der Waals surface area contributed by atoms with Gasteiger partial charge in [-0.25, -0.2) is 0 Å². The van der Waals surface area contributed by atoms with E-state index in [0.29, 0.717) is 13.1 Å². The van der Waals surface area contributed by atoms with E-state index in [1.165, 1.54) is 5.56 Å². The van der Waals surface area contributed by atoms with Crippen LogP contribution in [-0.4, -0.2) is 35.9 Å². The number of methoxy groups -OCH3 is 1. The van der Waals surface area contributed by atoms with Gasteiger partial charge in [0.1, 0.15) is 5.75 Å². The summed E-state index contributed by atoms with van der Waals surface area (Å²) in [6.45, 7) is 1.34. The van der Waals surface area contributed by atoms with Gasteiger partial charge in [-0.3, -0.25) is 0 Å². The smallest absolute Gasteiger partial charge is 0.123 e. The monoisotopic (exact) mass is 343 g/mol. The van der Waals surface area contributed by atoms with Crippen molar-refractivity contribution in [1.82, 2.24) is 5.32 Å². The lowest BCUT2D eigenvalue weighted by Crippen LogP contribution is -2.43. The summed E-state index contributed by atoms with van der Waals surface area (Å²) in [7, 11) is 1.71. The van der Waals surface area contributed by atoms with E-state index in [1.54, 1.807) is 7.11 Å². The average molecular weight is 343 g/mol. The highest BCUT2D eigenvalue weighted by atomic mass is 32.2. The Bertz CT molecular complexity index is 654. The van der Waals surface area contributed by atoms with Crippen LogP contribution in [0.15, 0.2) is 48.5 Å². The third-order valence-corrected chi connectivity index (χ3v) is 5.57. The van der Waals surface area contributed by atoms with Crippen molar-refractivity contribution in [3.05, 3.63) is 54.1 Å². The number of ether oxygens (including phenoxy) is 1. The minimum atomic E-state index is -0.553. The Labute approximate surface area is 148 Å². The molecule has 2 aromatic rings. The molecule has 0 amide bonds. The SMILES string of the molecule is COc1cc(-c2ccccc2)ccc1CNCC1(O)CCSCC1. The number of aliphatic hydroxyl groups is 1. The highest BCUT2D eigenvalue weighted by Crippen LogP contribution is 2.28. The second kappa shape index (κ2) is 8.06. The normalized spacial score (nSPS) is 16.8. The lowest BCUT2D eigenvalue weighted by atomic mass is 9.96. The summed E-state index contributed by atoms with van der Waals surface area (Å²) < 4.78 is 5.57. The van der Waals surface area contributed by atoms with E-state index >= 15 is 0 Å². The zero-order valence-electron chi connectivity index (χ0n) is 14.1. The molecule has 1 fully saturated rings. The Kier molecular flexibility index (Phi) is 5.82. The van der Waals surface area contributed by atoms with Gasteiger partial charge in [0.15, 0.2) is 0 Å². The van der Waals surface area contributed by atoms with E-state index < -0.39 is 5.60 Å². The van der Waals surface area contributed by atoms with Gasteiger partial charge < -0.3 is 15.2 Å². The zero-order chi connectivity index (χ0) is 16.8. The first-order chi connectivity index (χ1) is 11.7. The van der Waals surface area contributed by atoms with Crippen molar-refractivity contribution in [1.29, 1.82) is 0 Å². The van der Waals surface area contributed by atoms with Crippen molar-refractivity contribution >= 4 is 11.8 Å². The average Bonchev–Trinajstić information content (AvgIpc) is 2.63. The molecule has 2 aromatic carbocycles. The molecule has 0 radical (unpaired) electrons. The van der Waals surface area contributed by atoms with Crippen LogP contribution in [0.1, 0.15) is 18.4 Å². The maximum atomic E-state index is 10.6.